The van der Waals surface area contributed by atoms with Crippen molar-refractivity contribution in [1.29, 1.82) is 0 Å². The topological polar surface area (TPSA) is 84.7 Å². The maximum atomic E-state index is 12.2. The normalized spacial score (nSPS) is 14.0. The molecule has 1 aliphatic rings. The summed E-state index contributed by atoms with van der Waals surface area (Å²) in [6, 6.07) is 6.67. The zero-order valence-corrected chi connectivity index (χ0v) is 13.0. The Morgan fingerprint density at radius 3 is 2.91 bits per heavy atom. The van der Waals surface area contributed by atoms with Crippen LogP contribution in [0, 0.1) is 13.8 Å². The molecule has 0 spiro atoms. The van der Waals surface area contributed by atoms with Crippen molar-refractivity contribution in [2.24, 2.45) is 0 Å². The second-order valence-electron chi connectivity index (χ2n) is 5.31. The highest BCUT2D eigenvalue weighted by Gasteiger charge is 2.22. The summed E-state index contributed by atoms with van der Waals surface area (Å²) >= 11 is 0. The molecule has 1 saturated heterocycles. The summed E-state index contributed by atoms with van der Waals surface area (Å²) in [5.41, 5.74) is 2.55. The van der Waals surface area contributed by atoms with Crippen LogP contribution >= 0.6 is 0 Å². The molecule has 1 aromatic carbocycles. The van der Waals surface area contributed by atoms with E-state index in [1.54, 1.807) is 43.0 Å². The van der Waals surface area contributed by atoms with E-state index in [1.165, 1.54) is 0 Å². The monoisotopic (exact) mass is 315 g/mol. The van der Waals surface area contributed by atoms with E-state index in [9.17, 15) is 9.59 Å². The highest BCUT2D eigenvalue weighted by molar-refractivity contribution is 5.96. The SMILES string of the molecule is Cc1noc(C)c1COC(=O)c1cccc(N2CCNC2=O)c1. The summed E-state index contributed by atoms with van der Waals surface area (Å²) in [5.74, 6) is 0.184. The van der Waals surface area contributed by atoms with E-state index in [0.29, 0.717) is 35.8 Å². The second kappa shape index (κ2) is 6.12. The molecule has 0 radical (unpaired) electrons. The largest absolute Gasteiger partial charge is 0.457 e. The number of carbonyl (C=O) groups excluding carboxylic acids is 2. The fraction of sp³-hybridized carbons (Fsp3) is 0.312. The number of hydrogen-bond acceptors (Lipinski definition) is 5. The molecule has 0 bridgehead atoms. The third-order valence-corrected chi connectivity index (χ3v) is 3.78. The Morgan fingerprint density at radius 2 is 2.26 bits per heavy atom. The molecule has 1 fully saturated rings. The van der Waals surface area contributed by atoms with Crippen molar-refractivity contribution in [1.82, 2.24) is 10.5 Å². The smallest absolute Gasteiger partial charge is 0.338 e. The molecule has 0 saturated carbocycles. The highest BCUT2D eigenvalue weighted by atomic mass is 16.5. The van der Waals surface area contributed by atoms with Crippen LogP contribution in [0.1, 0.15) is 27.4 Å². The Hall–Kier alpha value is -2.83. The van der Waals surface area contributed by atoms with E-state index in [4.69, 9.17) is 9.26 Å². The molecule has 120 valence electrons. The summed E-state index contributed by atoms with van der Waals surface area (Å²) in [4.78, 5) is 25.5. The lowest BCUT2D eigenvalue weighted by atomic mass is 10.2. The van der Waals surface area contributed by atoms with Gasteiger partial charge in [0.2, 0.25) is 0 Å². The van der Waals surface area contributed by atoms with Crippen LogP contribution in [0.5, 0.6) is 0 Å². The first-order chi connectivity index (χ1) is 11.1. The van der Waals surface area contributed by atoms with Gasteiger partial charge in [-0.05, 0) is 32.0 Å². The first-order valence-corrected chi connectivity index (χ1v) is 7.30. The number of urea groups is 1. The Bertz CT molecular complexity index is 734. The number of nitrogens with zero attached hydrogens (tertiary/aromatic N) is 2. The van der Waals surface area contributed by atoms with Crippen molar-refractivity contribution in [2.45, 2.75) is 20.5 Å². The molecule has 23 heavy (non-hydrogen) atoms. The predicted molar refractivity (Wildman–Crippen MR) is 82.3 cm³/mol. The predicted octanol–water partition coefficient (Wildman–Crippen LogP) is 2.18. The van der Waals surface area contributed by atoms with Gasteiger partial charge in [0.25, 0.3) is 0 Å². The van der Waals surface area contributed by atoms with Gasteiger partial charge in [-0.3, -0.25) is 4.90 Å². The van der Waals surface area contributed by atoms with Gasteiger partial charge in [0.1, 0.15) is 12.4 Å². The maximum Gasteiger partial charge on any atom is 0.338 e. The average molecular weight is 315 g/mol. The van der Waals surface area contributed by atoms with Gasteiger partial charge in [0.15, 0.2) is 0 Å². The molecule has 0 unspecified atom stereocenters. The molecule has 1 aliphatic heterocycles. The first-order valence-electron chi connectivity index (χ1n) is 7.30. The van der Waals surface area contributed by atoms with Gasteiger partial charge in [-0.1, -0.05) is 11.2 Å². The molecule has 1 aromatic heterocycles. The zero-order valence-electron chi connectivity index (χ0n) is 13.0. The number of esters is 1. The van der Waals surface area contributed by atoms with E-state index in [0.717, 1.165) is 5.56 Å². The van der Waals surface area contributed by atoms with Crippen LogP contribution in [0.15, 0.2) is 28.8 Å². The number of amides is 2. The number of aryl methyl sites for hydroxylation is 2. The maximum absolute atomic E-state index is 12.2. The van der Waals surface area contributed by atoms with Crippen molar-refractivity contribution in [3.05, 3.63) is 46.8 Å². The fourth-order valence-electron chi connectivity index (χ4n) is 2.45. The summed E-state index contributed by atoms with van der Waals surface area (Å²) in [6.45, 7) is 4.85. The molecule has 2 heterocycles. The molecule has 0 atom stereocenters. The molecule has 7 nitrogen and oxygen atoms in total. The average Bonchev–Trinajstić information content (AvgIpc) is 3.11. The van der Waals surface area contributed by atoms with E-state index in [1.807, 2.05) is 0 Å². The number of rotatable bonds is 4. The minimum atomic E-state index is -0.452. The van der Waals surface area contributed by atoms with Crippen LogP contribution in [-0.2, 0) is 11.3 Å². The molecule has 7 heteroatoms. The minimum absolute atomic E-state index is 0.106. The van der Waals surface area contributed by atoms with E-state index >= 15 is 0 Å². The van der Waals surface area contributed by atoms with Gasteiger partial charge in [-0.2, -0.15) is 0 Å². The van der Waals surface area contributed by atoms with Gasteiger partial charge in [0, 0.05) is 18.8 Å². The number of ether oxygens (including phenoxy) is 1. The van der Waals surface area contributed by atoms with E-state index in [-0.39, 0.29) is 12.6 Å². The molecule has 3 rings (SSSR count). The number of hydrogen-bond donors (Lipinski definition) is 1. The number of benzene rings is 1. The van der Waals surface area contributed by atoms with E-state index in [2.05, 4.69) is 10.5 Å². The first kappa shape index (κ1) is 15.1. The molecule has 2 aromatic rings. The molecule has 2 amide bonds. The number of nitrogens with one attached hydrogen (secondary N) is 1. The number of carbonyl (C=O) groups is 2. The second-order valence-corrected chi connectivity index (χ2v) is 5.31. The lowest BCUT2D eigenvalue weighted by Crippen LogP contribution is -2.27. The molecular formula is C16H17N3O4. The van der Waals surface area contributed by atoms with Crippen LogP contribution in [0.25, 0.3) is 0 Å². The van der Waals surface area contributed by atoms with Crippen molar-refractivity contribution in [3.8, 4) is 0 Å². The third-order valence-electron chi connectivity index (χ3n) is 3.78. The Morgan fingerprint density at radius 1 is 1.43 bits per heavy atom. The molecule has 0 aliphatic carbocycles. The highest BCUT2D eigenvalue weighted by Crippen LogP contribution is 2.20. The third kappa shape index (κ3) is 3.03. The number of anilines is 1. The van der Waals surface area contributed by atoms with Crippen molar-refractivity contribution in [2.75, 3.05) is 18.0 Å². The van der Waals surface area contributed by atoms with Crippen LogP contribution < -0.4 is 10.2 Å². The number of aromatic nitrogens is 1. The van der Waals surface area contributed by atoms with Gasteiger partial charge in [-0.25, -0.2) is 9.59 Å². The zero-order chi connectivity index (χ0) is 16.4. The Labute approximate surface area is 133 Å². The van der Waals surface area contributed by atoms with Crippen LogP contribution in [-0.4, -0.2) is 30.2 Å². The van der Waals surface area contributed by atoms with Gasteiger partial charge < -0.3 is 14.6 Å². The lowest BCUT2D eigenvalue weighted by Gasteiger charge is -2.15. The van der Waals surface area contributed by atoms with Crippen LogP contribution in [0.3, 0.4) is 0 Å². The summed E-state index contributed by atoms with van der Waals surface area (Å²) in [7, 11) is 0. The van der Waals surface area contributed by atoms with Gasteiger partial charge >= 0.3 is 12.0 Å². The lowest BCUT2D eigenvalue weighted by molar-refractivity contribution is 0.0471. The van der Waals surface area contributed by atoms with Gasteiger partial charge in [0.05, 0.1) is 16.8 Å². The molecule has 1 N–H and O–H groups in total. The van der Waals surface area contributed by atoms with Crippen LogP contribution in [0.2, 0.25) is 0 Å². The summed E-state index contributed by atoms with van der Waals surface area (Å²) in [5, 5.41) is 6.55. The van der Waals surface area contributed by atoms with Crippen LogP contribution in [0.4, 0.5) is 10.5 Å². The summed E-state index contributed by atoms with van der Waals surface area (Å²) in [6.07, 6.45) is 0. The van der Waals surface area contributed by atoms with E-state index < -0.39 is 5.97 Å². The van der Waals surface area contributed by atoms with Crippen molar-refractivity contribution < 1.29 is 18.8 Å². The van der Waals surface area contributed by atoms with Crippen molar-refractivity contribution in [3.63, 3.8) is 0 Å². The van der Waals surface area contributed by atoms with Gasteiger partial charge in [-0.15, -0.1) is 0 Å². The fourth-order valence-corrected chi connectivity index (χ4v) is 2.45. The quantitative estimate of drug-likeness (QED) is 0.874. The van der Waals surface area contributed by atoms with Crippen molar-refractivity contribution >= 4 is 17.7 Å². The Kier molecular flexibility index (Phi) is 4.01. The minimum Gasteiger partial charge on any atom is -0.457 e. The Balaban J connectivity index is 1.71. The standard InChI is InChI=1S/C16H17N3O4/c1-10-14(11(2)23-18-10)9-22-15(20)12-4-3-5-13(8-12)19-7-6-17-16(19)21/h3-5,8H,6-7,9H2,1-2H3,(H,17,21). The summed E-state index contributed by atoms with van der Waals surface area (Å²) < 4.78 is 10.4. The molecular weight excluding hydrogens is 298 g/mol.